The summed E-state index contributed by atoms with van der Waals surface area (Å²) in [4.78, 5) is 17.1. The number of ether oxygens (including phenoxy) is 1. The minimum Gasteiger partial charge on any atom is -0.493 e. The summed E-state index contributed by atoms with van der Waals surface area (Å²) in [5.74, 6) is 1.19. The van der Waals surface area contributed by atoms with Crippen LogP contribution in [0.2, 0.25) is 0 Å². The first-order chi connectivity index (χ1) is 13.3. The molecule has 2 aromatic carbocycles. The molecule has 144 valence electrons. The van der Waals surface area contributed by atoms with Crippen molar-refractivity contribution < 1.29 is 9.53 Å². The second-order valence-electron chi connectivity index (χ2n) is 7.78. The molecule has 1 saturated carbocycles. The monoisotopic (exact) mass is 366 g/mol. The summed E-state index contributed by atoms with van der Waals surface area (Å²) in [5.41, 5.74) is 0. The largest absolute Gasteiger partial charge is 0.493 e. The van der Waals surface area contributed by atoms with Gasteiger partial charge in [-0.1, -0.05) is 49.2 Å². The van der Waals surface area contributed by atoms with Gasteiger partial charge in [-0.3, -0.25) is 9.69 Å². The van der Waals surface area contributed by atoms with Crippen LogP contribution in [-0.4, -0.2) is 54.5 Å². The van der Waals surface area contributed by atoms with E-state index in [0.717, 1.165) is 49.8 Å². The molecule has 0 aromatic heterocycles. The molecule has 2 aromatic rings. The van der Waals surface area contributed by atoms with Gasteiger partial charge in [0.2, 0.25) is 5.91 Å². The maximum absolute atomic E-state index is 12.5. The number of benzene rings is 2. The van der Waals surface area contributed by atoms with Crippen LogP contribution in [0.15, 0.2) is 42.5 Å². The van der Waals surface area contributed by atoms with E-state index in [1.54, 1.807) is 0 Å². The summed E-state index contributed by atoms with van der Waals surface area (Å²) in [5, 5.41) is 2.32. The predicted octanol–water partition coefficient (Wildman–Crippen LogP) is 4.09. The Bertz CT molecular complexity index is 757. The molecule has 4 heteroatoms. The van der Waals surface area contributed by atoms with Gasteiger partial charge in [0.1, 0.15) is 5.75 Å². The van der Waals surface area contributed by atoms with E-state index in [1.165, 1.54) is 31.1 Å². The van der Waals surface area contributed by atoms with Gasteiger partial charge in [-0.25, -0.2) is 0 Å². The molecule has 0 spiro atoms. The molecule has 1 aliphatic heterocycles. The number of hydrogen-bond donors (Lipinski definition) is 0. The van der Waals surface area contributed by atoms with E-state index in [-0.39, 0.29) is 5.91 Å². The molecular formula is C23H30N2O2. The van der Waals surface area contributed by atoms with Gasteiger partial charge >= 0.3 is 0 Å². The van der Waals surface area contributed by atoms with Crippen molar-refractivity contribution in [1.29, 1.82) is 0 Å². The fraction of sp³-hybridized carbons (Fsp3) is 0.522. The Balaban J connectivity index is 1.20. The van der Waals surface area contributed by atoms with Crippen molar-refractivity contribution in [3.63, 3.8) is 0 Å². The van der Waals surface area contributed by atoms with Crippen molar-refractivity contribution in [2.75, 3.05) is 32.8 Å². The Kier molecular flexibility index (Phi) is 5.93. The molecule has 0 radical (unpaired) electrons. The number of nitrogens with zero attached hydrogens (tertiary/aromatic N) is 2. The average Bonchev–Trinajstić information content (AvgIpc) is 3.26. The summed E-state index contributed by atoms with van der Waals surface area (Å²) >= 11 is 0. The zero-order valence-corrected chi connectivity index (χ0v) is 16.1. The van der Waals surface area contributed by atoms with Crippen LogP contribution in [0.25, 0.3) is 10.8 Å². The lowest BCUT2D eigenvalue weighted by molar-refractivity contribution is -0.133. The minimum atomic E-state index is 0.280. The van der Waals surface area contributed by atoms with Crippen LogP contribution < -0.4 is 4.74 Å². The molecule has 2 fully saturated rings. The van der Waals surface area contributed by atoms with Crippen LogP contribution in [0.3, 0.4) is 0 Å². The summed E-state index contributed by atoms with van der Waals surface area (Å²) in [6, 6.07) is 15.1. The van der Waals surface area contributed by atoms with Crippen molar-refractivity contribution in [2.24, 2.45) is 0 Å². The Morgan fingerprint density at radius 1 is 0.963 bits per heavy atom. The predicted molar refractivity (Wildman–Crippen MR) is 109 cm³/mol. The molecular weight excluding hydrogens is 336 g/mol. The van der Waals surface area contributed by atoms with Crippen molar-refractivity contribution in [1.82, 2.24) is 9.80 Å². The molecule has 0 atom stereocenters. The van der Waals surface area contributed by atoms with Crippen LogP contribution in [0.1, 0.15) is 38.5 Å². The molecule has 1 amide bonds. The fourth-order valence-corrected chi connectivity index (χ4v) is 4.49. The first kappa shape index (κ1) is 18.3. The van der Waals surface area contributed by atoms with E-state index < -0.39 is 0 Å². The van der Waals surface area contributed by atoms with Crippen molar-refractivity contribution >= 4 is 16.7 Å². The van der Waals surface area contributed by atoms with Crippen LogP contribution in [0.4, 0.5) is 0 Å². The van der Waals surface area contributed by atoms with Gasteiger partial charge in [0.25, 0.3) is 0 Å². The third kappa shape index (κ3) is 4.44. The number of piperazine rings is 1. The Labute approximate surface area is 162 Å². The fourth-order valence-electron chi connectivity index (χ4n) is 4.49. The molecule has 4 rings (SSSR count). The highest BCUT2D eigenvalue weighted by Crippen LogP contribution is 2.26. The lowest BCUT2D eigenvalue weighted by Crippen LogP contribution is -2.51. The first-order valence-electron chi connectivity index (χ1n) is 10.4. The lowest BCUT2D eigenvalue weighted by Gasteiger charge is -2.38. The second-order valence-corrected chi connectivity index (χ2v) is 7.78. The maximum Gasteiger partial charge on any atom is 0.222 e. The molecule has 0 bridgehead atoms. The van der Waals surface area contributed by atoms with Gasteiger partial charge in [-0.15, -0.1) is 0 Å². The van der Waals surface area contributed by atoms with Gasteiger partial charge in [0.05, 0.1) is 6.61 Å². The van der Waals surface area contributed by atoms with E-state index in [2.05, 4.69) is 23.1 Å². The molecule has 1 saturated heterocycles. The zero-order valence-electron chi connectivity index (χ0n) is 16.1. The van der Waals surface area contributed by atoms with E-state index in [4.69, 9.17) is 4.74 Å². The molecule has 0 N–H and O–H groups in total. The van der Waals surface area contributed by atoms with Crippen LogP contribution >= 0.6 is 0 Å². The Morgan fingerprint density at radius 3 is 2.52 bits per heavy atom. The number of carbonyl (C=O) groups is 1. The molecule has 0 unspecified atom stereocenters. The van der Waals surface area contributed by atoms with E-state index >= 15 is 0 Å². The molecule has 2 aliphatic rings. The first-order valence-corrected chi connectivity index (χ1v) is 10.4. The molecule has 1 aliphatic carbocycles. The number of fused-ring (bicyclic) bond motifs is 1. The summed E-state index contributed by atoms with van der Waals surface area (Å²) in [7, 11) is 0. The number of carbonyl (C=O) groups excluding carboxylic acids is 1. The number of hydrogen-bond acceptors (Lipinski definition) is 3. The summed E-state index contributed by atoms with van der Waals surface area (Å²) in [6.07, 6.45) is 6.79. The van der Waals surface area contributed by atoms with Gasteiger partial charge in [-0.2, -0.15) is 0 Å². The quantitative estimate of drug-likeness (QED) is 0.722. The minimum absolute atomic E-state index is 0.280. The van der Waals surface area contributed by atoms with E-state index in [0.29, 0.717) is 13.0 Å². The second kappa shape index (κ2) is 8.75. The highest BCUT2D eigenvalue weighted by molar-refractivity contribution is 5.88. The topological polar surface area (TPSA) is 32.8 Å². The highest BCUT2D eigenvalue weighted by Gasteiger charge is 2.27. The number of rotatable bonds is 6. The van der Waals surface area contributed by atoms with E-state index in [1.807, 2.05) is 29.2 Å². The standard InChI is InChI=1S/C23H30N2O2/c26-23(25-16-14-24(15-17-25)20-9-2-3-10-20)13-6-18-27-22-12-5-8-19-7-1-4-11-21(19)22/h1,4-5,7-8,11-12,20H,2-3,6,9-10,13-18H2. The zero-order chi connectivity index (χ0) is 18.5. The van der Waals surface area contributed by atoms with Crippen molar-refractivity contribution in [2.45, 2.75) is 44.6 Å². The van der Waals surface area contributed by atoms with E-state index in [9.17, 15) is 4.79 Å². The highest BCUT2D eigenvalue weighted by atomic mass is 16.5. The molecule has 4 nitrogen and oxygen atoms in total. The van der Waals surface area contributed by atoms with Crippen molar-refractivity contribution in [3.05, 3.63) is 42.5 Å². The molecule has 27 heavy (non-hydrogen) atoms. The van der Waals surface area contributed by atoms with Gasteiger partial charge < -0.3 is 9.64 Å². The normalized spacial score (nSPS) is 18.9. The lowest BCUT2D eigenvalue weighted by atomic mass is 10.1. The van der Waals surface area contributed by atoms with Crippen LogP contribution in [0, 0.1) is 0 Å². The van der Waals surface area contributed by atoms with Gasteiger partial charge in [-0.05, 0) is 30.7 Å². The smallest absolute Gasteiger partial charge is 0.222 e. The summed E-state index contributed by atoms with van der Waals surface area (Å²) < 4.78 is 5.96. The van der Waals surface area contributed by atoms with Crippen LogP contribution in [0.5, 0.6) is 5.75 Å². The maximum atomic E-state index is 12.5. The number of amides is 1. The van der Waals surface area contributed by atoms with Gasteiger partial charge in [0.15, 0.2) is 0 Å². The van der Waals surface area contributed by atoms with Gasteiger partial charge in [0, 0.05) is 44.0 Å². The SMILES string of the molecule is O=C(CCCOc1cccc2ccccc12)N1CCN(C2CCCC2)CC1. The Morgan fingerprint density at radius 2 is 1.70 bits per heavy atom. The average molecular weight is 367 g/mol. The molecule has 1 heterocycles. The van der Waals surface area contributed by atoms with Crippen LogP contribution in [-0.2, 0) is 4.79 Å². The third-order valence-corrected chi connectivity index (χ3v) is 6.05. The summed E-state index contributed by atoms with van der Waals surface area (Å²) in [6.45, 7) is 4.45. The Hall–Kier alpha value is -2.07. The van der Waals surface area contributed by atoms with Crippen molar-refractivity contribution in [3.8, 4) is 5.75 Å². The third-order valence-electron chi connectivity index (χ3n) is 6.05.